The number of hydrogen-bond donors (Lipinski definition) is 1. The molecule has 20 heavy (non-hydrogen) atoms. The normalized spacial score (nSPS) is 17.2. The van der Waals surface area contributed by atoms with E-state index in [9.17, 15) is 4.79 Å². The molecule has 1 aliphatic rings. The van der Waals surface area contributed by atoms with Crippen LogP contribution in [0.4, 0.5) is 0 Å². The quantitative estimate of drug-likeness (QED) is 0.913. The van der Waals surface area contributed by atoms with Gasteiger partial charge in [-0.1, -0.05) is 11.6 Å². The van der Waals surface area contributed by atoms with Gasteiger partial charge in [0.2, 0.25) is 5.91 Å². The summed E-state index contributed by atoms with van der Waals surface area (Å²) in [6, 6.07) is 6.25. The molecule has 0 aliphatic carbocycles. The van der Waals surface area contributed by atoms with E-state index in [1.54, 1.807) is 0 Å². The lowest BCUT2D eigenvalue weighted by Crippen LogP contribution is -2.32. The molecule has 0 atom stereocenters. The number of carbonyl (C=O) groups is 1. The number of nitrogens with one attached hydrogen (secondary N) is 1. The van der Waals surface area contributed by atoms with Crippen LogP contribution >= 0.6 is 0 Å². The Morgan fingerprint density at radius 3 is 3.05 bits per heavy atom. The van der Waals surface area contributed by atoms with E-state index in [1.165, 1.54) is 16.5 Å². The smallest absolute Gasteiger partial charge is 0.234 e. The number of aryl methyl sites for hydroxylation is 2. The Morgan fingerprint density at radius 1 is 1.35 bits per heavy atom. The predicted octanol–water partition coefficient (Wildman–Crippen LogP) is 2.37. The highest BCUT2D eigenvalue weighted by Gasteiger charge is 2.18. The number of furan rings is 1. The van der Waals surface area contributed by atoms with Gasteiger partial charge < -0.3 is 9.73 Å². The first-order chi connectivity index (χ1) is 9.63. The Hall–Kier alpha value is -1.81. The lowest BCUT2D eigenvalue weighted by Gasteiger charge is -2.17. The minimum atomic E-state index is 0.104. The van der Waals surface area contributed by atoms with Crippen LogP contribution in [0.15, 0.2) is 22.6 Å². The molecule has 0 bridgehead atoms. The van der Waals surface area contributed by atoms with Gasteiger partial charge in [-0.2, -0.15) is 0 Å². The molecule has 4 heteroatoms. The molecular weight excluding hydrogens is 252 g/mol. The maximum absolute atomic E-state index is 11.6. The summed E-state index contributed by atoms with van der Waals surface area (Å²) >= 11 is 0. The van der Waals surface area contributed by atoms with E-state index in [1.807, 2.05) is 6.07 Å². The van der Waals surface area contributed by atoms with E-state index in [-0.39, 0.29) is 5.91 Å². The highest BCUT2D eigenvalue weighted by molar-refractivity contribution is 5.82. The molecule has 1 saturated heterocycles. The Labute approximate surface area is 118 Å². The molecule has 4 nitrogen and oxygen atoms in total. The molecule has 1 N–H and O–H groups in total. The molecule has 1 aliphatic heterocycles. The van der Waals surface area contributed by atoms with Crippen molar-refractivity contribution in [3.05, 3.63) is 35.1 Å². The zero-order valence-corrected chi connectivity index (χ0v) is 12.0. The van der Waals surface area contributed by atoms with Crippen molar-refractivity contribution in [2.45, 2.75) is 26.8 Å². The van der Waals surface area contributed by atoms with Gasteiger partial charge in [-0.05, 0) is 38.0 Å². The third kappa shape index (κ3) is 2.56. The van der Waals surface area contributed by atoms with E-state index in [0.717, 1.165) is 30.9 Å². The zero-order valence-electron chi connectivity index (χ0n) is 12.0. The maximum Gasteiger partial charge on any atom is 0.234 e. The largest absolute Gasteiger partial charge is 0.459 e. The molecule has 0 unspecified atom stereocenters. The maximum atomic E-state index is 11.6. The zero-order chi connectivity index (χ0) is 14.1. The molecule has 106 valence electrons. The van der Waals surface area contributed by atoms with Crippen LogP contribution in [0, 0.1) is 13.8 Å². The van der Waals surface area contributed by atoms with Crippen molar-refractivity contribution < 1.29 is 9.21 Å². The van der Waals surface area contributed by atoms with Crippen molar-refractivity contribution in [1.29, 1.82) is 0 Å². The minimum Gasteiger partial charge on any atom is -0.459 e. The number of nitrogens with zero attached hydrogens (tertiary/aromatic N) is 1. The lowest BCUT2D eigenvalue weighted by atomic mass is 10.1. The van der Waals surface area contributed by atoms with Crippen LogP contribution < -0.4 is 5.32 Å². The molecule has 3 rings (SSSR count). The Balaban J connectivity index is 1.86. The fourth-order valence-corrected chi connectivity index (χ4v) is 2.74. The third-order valence-electron chi connectivity index (χ3n) is 3.90. The van der Waals surface area contributed by atoms with Crippen LogP contribution in [-0.4, -0.2) is 30.4 Å². The Morgan fingerprint density at radius 2 is 2.20 bits per heavy atom. The molecule has 1 aromatic carbocycles. The summed E-state index contributed by atoms with van der Waals surface area (Å²) < 4.78 is 5.96. The van der Waals surface area contributed by atoms with Crippen molar-refractivity contribution in [3.63, 3.8) is 0 Å². The first kappa shape index (κ1) is 13.2. The first-order valence-electron chi connectivity index (χ1n) is 7.11. The third-order valence-corrected chi connectivity index (χ3v) is 3.90. The summed E-state index contributed by atoms with van der Waals surface area (Å²) in [4.78, 5) is 13.8. The summed E-state index contributed by atoms with van der Waals surface area (Å²) in [5, 5.41) is 4.08. The van der Waals surface area contributed by atoms with Gasteiger partial charge in [0, 0.05) is 18.5 Å². The predicted molar refractivity (Wildman–Crippen MR) is 78.6 cm³/mol. The number of hydrogen-bond acceptors (Lipinski definition) is 3. The molecule has 1 amide bonds. The molecule has 0 radical (unpaired) electrons. The van der Waals surface area contributed by atoms with Crippen LogP contribution in [0.2, 0.25) is 0 Å². The van der Waals surface area contributed by atoms with Gasteiger partial charge in [0.15, 0.2) is 0 Å². The van der Waals surface area contributed by atoms with Crippen molar-refractivity contribution in [2.75, 3.05) is 19.6 Å². The van der Waals surface area contributed by atoms with Gasteiger partial charge in [0.05, 0.1) is 13.1 Å². The standard InChI is InChI=1S/C16H20N2O2/c1-11-4-5-14-13(8-11)12(2)15(20-14)9-18-7-3-6-17-16(19)10-18/h4-5,8H,3,6-7,9-10H2,1-2H3,(H,17,19). The number of carbonyl (C=O) groups excluding carboxylic acids is 1. The summed E-state index contributed by atoms with van der Waals surface area (Å²) in [6.45, 7) is 7.04. The summed E-state index contributed by atoms with van der Waals surface area (Å²) in [5.74, 6) is 1.08. The fraction of sp³-hybridized carbons (Fsp3) is 0.438. The summed E-state index contributed by atoms with van der Waals surface area (Å²) in [5.41, 5.74) is 3.36. The second-order valence-electron chi connectivity index (χ2n) is 5.56. The van der Waals surface area contributed by atoms with E-state index < -0.39 is 0 Å². The number of amides is 1. The Kier molecular flexibility index (Phi) is 3.49. The molecule has 2 heterocycles. The number of rotatable bonds is 2. The van der Waals surface area contributed by atoms with Crippen LogP contribution in [0.5, 0.6) is 0 Å². The highest BCUT2D eigenvalue weighted by Crippen LogP contribution is 2.27. The molecule has 1 fully saturated rings. The molecule has 1 aromatic heterocycles. The van der Waals surface area contributed by atoms with Crippen LogP contribution in [-0.2, 0) is 11.3 Å². The second-order valence-corrected chi connectivity index (χ2v) is 5.56. The monoisotopic (exact) mass is 272 g/mol. The van der Waals surface area contributed by atoms with E-state index in [4.69, 9.17) is 4.42 Å². The fourth-order valence-electron chi connectivity index (χ4n) is 2.74. The lowest BCUT2D eigenvalue weighted by molar-refractivity contribution is -0.121. The molecule has 0 saturated carbocycles. The van der Waals surface area contributed by atoms with E-state index >= 15 is 0 Å². The van der Waals surface area contributed by atoms with Crippen molar-refractivity contribution in [1.82, 2.24) is 10.2 Å². The SMILES string of the molecule is Cc1ccc2oc(CN3CCCNC(=O)C3)c(C)c2c1. The first-order valence-corrected chi connectivity index (χ1v) is 7.11. The van der Waals surface area contributed by atoms with Crippen LogP contribution in [0.1, 0.15) is 23.3 Å². The summed E-state index contributed by atoms with van der Waals surface area (Å²) in [6.07, 6.45) is 0.990. The number of benzene rings is 1. The van der Waals surface area contributed by atoms with Gasteiger partial charge in [0.1, 0.15) is 11.3 Å². The van der Waals surface area contributed by atoms with Crippen molar-refractivity contribution in [2.24, 2.45) is 0 Å². The average Bonchev–Trinajstić information content (AvgIpc) is 2.59. The molecule has 0 spiro atoms. The topological polar surface area (TPSA) is 45.5 Å². The Bertz CT molecular complexity index is 645. The molecule has 2 aromatic rings. The van der Waals surface area contributed by atoms with Crippen molar-refractivity contribution >= 4 is 16.9 Å². The highest BCUT2D eigenvalue weighted by atomic mass is 16.3. The van der Waals surface area contributed by atoms with E-state index in [0.29, 0.717) is 13.1 Å². The average molecular weight is 272 g/mol. The van der Waals surface area contributed by atoms with E-state index in [2.05, 4.69) is 36.2 Å². The van der Waals surface area contributed by atoms with Gasteiger partial charge in [-0.3, -0.25) is 9.69 Å². The van der Waals surface area contributed by atoms with Gasteiger partial charge in [0.25, 0.3) is 0 Å². The van der Waals surface area contributed by atoms with Gasteiger partial charge in [-0.25, -0.2) is 0 Å². The van der Waals surface area contributed by atoms with Crippen molar-refractivity contribution in [3.8, 4) is 0 Å². The van der Waals surface area contributed by atoms with Gasteiger partial charge in [-0.15, -0.1) is 0 Å². The summed E-state index contributed by atoms with van der Waals surface area (Å²) in [7, 11) is 0. The van der Waals surface area contributed by atoms with Crippen LogP contribution in [0.25, 0.3) is 11.0 Å². The second kappa shape index (κ2) is 5.29. The van der Waals surface area contributed by atoms with Crippen LogP contribution in [0.3, 0.4) is 0 Å². The molecular formula is C16H20N2O2. The van der Waals surface area contributed by atoms with Gasteiger partial charge >= 0.3 is 0 Å². The number of fused-ring (bicyclic) bond motifs is 1. The minimum absolute atomic E-state index is 0.104.